The van der Waals surface area contributed by atoms with Crippen molar-refractivity contribution in [1.29, 1.82) is 0 Å². The number of carboxylic acids is 5. The van der Waals surface area contributed by atoms with Crippen LogP contribution >= 0.6 is 0 Å². The molecule has 0 aliphatic carbocycles. The second-order valence-corrected chi connectivity index (χ2v) is 2.99. The zero-order valence-corrected chi connectivity index (χ0v) is 12.4. The van der Waals surface area contributed by atoms with E-state index < -0.39 is 48.3 Å². The number of halogens is 1. The molecule has 21 heavy (non-hydrogen) atoms. The van der Waals surface area contributed by atoms with E-state index in [4.69, 9.17) is 24.9 Å². The van der Waals surface area contributed by atoms with E-state index in [0.29, 0.717) is 0 Å². The molecule has 0 amide bonds. The first kappa shape index (κ1) is 27.6. The Morgan fingerprint density at radius 3 is 1.10 bits per heavy atom. The monoisotopic (exact) mass is 412 g/mol. The SMILES string of the molecule is O=C([O-])C(=O)[O-].O=C([O-])CC(O)(CC(=O)[O-])C(=O)[O-].[Br-].[Fe+6]. The molecule has 0 saturated heterocycles. The van der Waals surface area contributed by atoms with Gasteiger partial charge in [-0.05, 0) is 0 Å². The van der Waals surface area contributed by atoms with E-state index in [0.717, 1.165) is 0 Å². The molecular weight excluding hydrogens is 408 g/mol. The Bertz CT molecular complexity index is 379. The predicted molar refractivity (Wildman–Crippen MR) is 39.2 cm³/mol. The van der Waals surface area contributed by atoms with Gasteiger partial charge < -0.3 is 71.6 Å². The molecule has 13 heteroatoms. The smallest absolute Gasteiger partial charge is 1.00 e. The first-order valence-corrected chi connectivity index (χ1v) is 4.18. The zero-order chi connectivity index (χ0) is 15.8. The standard InChI is InChI=1S/C6H8O7.C2H2O4.BrH.Fe/c7-3(8)1-6(13,5(11)12)2-4(9)10;3-1(4)2(5)6;;/h13H,1-2H2,(H,7,8)(H,9,10)(H,11,12);(H,3,4)(H,5,6);1H;/q;;;+6/p-6. The van der Waals surface area contributed by atoms with Gasteiger partial charge in [-0.15, -0.1) is 0 Å². The van der Waals surface area contributed by atoms with Crippen LogP contribution in [0.1, 0.15) is 12.8 Å². The molecule has 0 rings (SSSR count). The number of hydrogen-bond donors (Lipinski definition) is 1. The molecule has 0 spiro atoms. The van der Waals surface area contributed by atoms with Gasteiger partial charge in [0.05, 0.1) is 17.9 Å². The minimum absolute atomic E-state index is 0. The summed E-state index contributed by atoms with van der Waals surface area (Å²) in [5.41, 5.74) is -2.97. The van der Waals surface area contributed by atoms with Crippen molar-refractivity contribution < 1.29 is 88.7 Å². The van der Waals surface area contributed by atoms with Crippen molar-refractivity contribution in [2.24, 2.45) is 0 Å². The predicted octanol–water partition coefficient (Wildman–Crippen LogP) is -11.8. The average Bonchev–Trinajstić information content (AvgIpc) is 2.14. The first-order valence-electron chi connectivity index (χ1n) is 4.18. The molecule has 0 bridgehead atoms. The van der Waals surface area contributed by atoms with Gasteiger partial charge in [-0.2, -0.15) is 0 Å². The van der Waals surface area contributed by atoms with Crippen molar-refractivity contribution in [2.45, 2.75) is 18.4 Å². The molecule has 1 N–H and O–H groups in total. The molecular formula is C8H5BrFeO11. The van der Waals surface area contributed by atoms with Crippen LogP contribution in [0.3, 0.4) is 0 Å². The van der Waals surface area contributed by atoms with Crippen LogP contribution in [0.25, 0.3) is 0 Å². The minimum atomic E-state index is -2.97. The molecule has 0 aromatic rings. The summed E-state index contributed by atoms with van der Waals surface area (Å²) in [5.74, 6) is -10.4. The molecule has 0 aromatic carbocycles. The van der Waals surface area contributed by atoms with Crippen molar-refractivity contribution in [3.63, 3.8) is 0 Å². The fourth-order valence-electron chi connectivity index (χ4n) is 0.684. The van der Waals surface area contributed by atoms with Gasteiger partial charge in [0.25, 0.3) is 0 Å². The number of carbonyl (C=O) groups is 5. The first-order chi connectivity index (χ1) is 8.42. The van der Waals surface area contributed by atoms with E-state index in [1.165, 1.54) is 0 Å². The Morgan fingerprint density at radius 2 is 1.00 bits per heavy atom. The van der Waals surface area contributed by atoms with Crippen LogP contribution in [0.5, 0.6) is 0 Å². The molecule has 0 heterocycles. The van der Waals surface area contributed by atoms with Crippen molar-refractivity contribution >= 4 is 29.8 Å². The van der Waals surface area contributed by atoms with Gasteiger partial charge in [0.2, 0.25) is 0 Å². The summed E-state index contributed by atoms with van der Waals surface area (Å²) in [6.07, 6.45) is -2.72. The number of hydrogen-bond acceptors (Lipinski definition) is 11. The Kier molecular flexibility index (Phi) is 15.9. The van der Waals surface area contributed by atoms with Gasteiger partial charge in [0.15, 0.2) is 0 Å². The largest absolute Gasteiger partial charge is 6.00 e. The van der Waals surface area contributed by atoms with Gasteiger partial charge in [-0.3, -0.25) is 0 Å². The van der Waals surface area contributed by atoms with Gasteiger partial charge in [-0.25, -0.2) is 0 Å². The topological polar surface area (TPSA) is 221 Å². The van der Waals surface area contributed by atoms with E-state index in [1.807, 2.05) is 0 Å². The third kappa shape index (κ3) is 14.5. The molecule has 118 valence electrons. The fourth-order valence-corrected chi connectivity index (χ4v) is 0.684. The third-order valence-corrected chi connectivity index (χ3v) is 1.42. The number of rotatable bonds is 5. The Labute approximate surface area is 137 Å². The third-order valence-electron chi connectivity index (χ3n) is 1.42. The van der Waals surface area contributed by atoms with Crippen LogP contribution in [-0.2, 0) is 41.0 Å². The summed E-state index contributed by atoms with van der Waals surface area (Å²) < 4.78 is 0. The summed E-state index contributed by atoms with van der Waals surface area (Å²) in [4.78, 5) is 47.9. The van der Waals surface area contributed by atoms with E-state index in [-0.39, 0.29) is 34.1 Å². The van der Waals surface area contributed by atoms with E-state index >= 15 is 0 Å². The fraction of sp³-hybridized carbons (Fsp3) is 0.375. The maximum atomic E-state index is 10.1. The van der Waals surface area contributed by atoms with Crippen LogP contribution < -0.4 is 42.5 Å². The van der Waals surface area contributed by atoms with Crippen molar-refractivity contribution in [1.82, 2.24) is 0 Å². The van der Waals surface area contributed by atoms with Crippen molar-refractivity contribution in [3.05, 3.63) is 0 Å². The van der Waals surface area contributed by atoms with Crippen LogP contribution in [0.2, 0.25) is 0 Å². The normalized spacial score (nSPS) is 8.81. The molecule has 0 aromatic heterocycles. The van der Waals surface area contributed by atoms with E-state index in [9.17, 15) is 29.7 Å². The number of carbonyl (C=O) groups excluding carboxylic acids is 5. The molecule has 0 radical (unpaired) electrons. The van der Waals surface area contributed by atoms with E-state index in [2.05, 4.69) is 0 Å². The van der Waals surface area contributed by atoms with Crippen molar-refractivity contribution in [2.75, 3.05) is 0 Å². The maximum Gasteiger partial charge on any atom is 6.00 e. The molecule has 0 aliphatic heterocycles. The van der Waals surface area contributed by atoms with Gasteiger partial charge >= 0.3 is 17.1 Å². The Morgan fingerprint density at radius 1 is 0.762 bits per heavy atom. The van der Waals surface area contributed by atoms with Crippen LogP contribution in [0.15, 0.2) is 0 Å². The Balaban J connectivity index is -0.000000156. The molecule has 0 saturated carbocycles. The summed E-state index contributed by atoms with van der Waals surface area (Å²) in [6.45, 7) is 0. The van der Waals surface area contributed by atoms with Crippen LogP contribution in [0, 0.1) is 0 Å². The van der Waals surface area contributed by atoms with Crippen molar-refractivity contribution in [3.8, 4) is 0 Å². The zero-order valence-electron chi connectivity index (χ0n) is 9.68. The second-order valence-electron chi connectivity index (χ2n) is 2.99. The number of carboxylic acid groups (broad SMARTS) is 5. The molecule has 0 unspecified atom stereocenters. The summed E-state index contributed by atoms with van der Waals surface area (Å²) in [7, 11) is 0. The van der Waals surface area contributed by atoms with E-state index in [1.54, 1.807) is 0 Å². The molecule has 0 aliphatic rings. The molecule has 11 nitrogen and oxygen atoms in total. The van der Waals surface area contributed by atoms with Gasteiger partial charge in [0.1, 0.15) is 5.60 Å². The van der Waals surface area contributed by atoms with Crippen LogP contribution in [0.4, 0.5) is 0 Å². The average molecular weight is 413 g/mol. The maximum absolute atomic E-state index is 10.1. The van der Waals surface area contributed by atoms with Gasteiger partial charge in [-0.1, -0.05) is 0 Å². The molecule has 0 atom stereocenters. The number of aliphatic hydroxyl groups is 1. The molecule has 0 fully saturated rings. The summed E-state index contributed by atoms with van der Waals surface area (Å²) >= 11 is 0. The summed E-state index contributed by atoms with van der Waals surface area (Å²) in [6, 6.07) is 0. The second kappa shape index (κ2) is 12.1. The quantitative estimate of drug-likeness (QED) is 0.329. The minimum Gasteiger partial charge on any atom is -1.00 e. The summed E-state index contributed by atoms with van der Waals surface area (Å²) in [5, 5.41) is 56.8. The van der Waals surface area contributed by atoms with Gasteiger partial charge in [0, 0.05) is 24.8 Å². The Hall–Kier alpha value is -1.69. The van der Waals surface area contributed by atoms with Crippen LogP contribution in [-0.4, -0.2) is 40.6 Å². The number of aliphatic carboxylic acids is 5.